The molecule has 0 radical (unpaired) electrons. The molecule has 1 aliphatic heterocycles. The first-order chi connectivity index (χ1) is 15.5. The molecule has 6 atom stereocenters. The van der Waals surface area contributed by atoms with Crippen molar-refractivity contribution >= 4 is 29.3 Å². The van der Waals surface area contributed by atoms with E-state index in [9.17, 15) is 29.1 Å². The topological polar surface area (TPSA) is 124 Å². The SMILES string of the molecule is C=C1C[C@@H]2[C@]3(C)C=CC(=O)C(C)(C)C3=C(O)C(=O)[C@@]2(C)[C@@]2(C(=O)OC)C(=O)O[C@@H](C)C(=O)[C@@]12C. The van der Waals surface area contributed by atoms with Gasteiger partial charge in [0.25, 0.3) is 0 Å². The van der Waals surface area contributed by atoms with Gasteiger partial charge in [0.1, 0.15) is 0 Å². The number of allylic oxidation sites excluding steroid dienone is 5. The smallest absolute Gasteiger partial charge is 0.326 e. The summed E-state index contributed by atoms with van der Waals surface area (Å²) in [5.74, 6) is -5.40. The standard InChI is InChI=1S/C26H30O8/c1-12-11-14-23(5)10-9-15(27)22(3,4)17(23)16(28)19(30)25(14,7)26(20(31)33-8)21(32)34-13(2)18(29)24(12,26)6/h9-10,13-14,28H,1,11H2,2-8H3/t13-,14+,23-,24+,25-,26-/m0/s1. The normalized spacial score (nSPS) is 43.1. The number of aliphatic hydroxyl groups is 1. The molecule has 0 spiro atoms. The summed E-state index contributed by atoms with van der Waals surface area (Å²) in [5.41, 5.74) is -7.96. The van der Waals surface area contributed by atoms with Crippen LogP contribution >= 0.6 is 0 Å². The third kappa shape index (κ3) is 2.14. The van der Waals surface area contributed by atoms with Crippen molar-refractivity contribution in [1.29, 1.82) is 0 Å². The molecule has 8 heteroatoms. The van der Waals surface area contributed by atoms with Gasteiger partial charge in [0, 0.05) is 5.41 Å². The van der Waals surface area contributed by atoms with Crippen LogP contribution in [0.4, 0.5) is 0 Å². The molecule has 0 amide bonds. The maximum Gasteiger partial charge on any atom is 0.326 e. The van der Waals surface area contributed by atoms with Gasteiger partial charge >= 0.3 is 11.9 Å². The summed E-state index contributed by atoms with van der Waals surface area (Å²) in [6, 6.07) is 0. The van der Waals surface area contributed by atoms with E-state index in [0.29, 0.717) is 5.57 Å². The maximum atomic E-state index is 14.1. The Hall–Kier alpha value is -3.03. The molecule has 0 aromatic heterocycles. The Balaban J connectivity index is 2.19. The number of rotatable bonds is 1. The van der Waals surface area contributed by atoms with Gasteiger partial charge < -0.3 is 14.6 Å². The first kappa shape index (κ1) is 24.1. The van der Waals surface area contributed by atoms with E-state index in [-0.39, 0.29) is 17.8 Å². The van der Waals surface area contributed by atoms with Gasteiger partial charge in [0.15, 0.2) is 28.8 Å². The summed E-state index contributed by atoms with van der Waals surface area (Å²) < 4.78 is 10.5. The number of hydrogen-bond donors (Lipinski definition) is 1. The number of carbonyl (C=O) groups is 5. The van der Waals surface area contributed by atoms with Crippen molar-refractivity contribution in [3.63, 3.8) is 0 Å². The molecule has 0 bridgehead atoms. The van der Waals surface area contributed by atoms with Gasteiger partial charge in [0.05, 0.1) is 23.4 Å². The van der Waals surface area contributed by atoms with Crippen LogP contribution < -0.4 is 0 Å². The number of ether oxygens (including phenoxy) is 2. The van der Waals surface area contributed by atoms with Crippen LogP contribution in [0, 0.1) is 33.0 Å². The summed E-state index contributed by atoms with van der Waals surface area (Å²) in [6.07, 6.45) is 1.96. The Bertz CT molecular complexity index is 1170. The van der Waals surface area contributed by atoms with E-state index in [1.807, 2.05) is 0 Å². The Kier molecular flexibility index (Phi) is 4.64. The van der Waals surface area contributed by atoms with E-state index in [1.54, 1.807) is 26.8 Å². The molecule has 1 N–H and O–H groups in total. The van der Waals surface area contributed by atoms with E-state index in [2.05, 4.69) is 6.58 Å². The summed E-state index contributed by atoms with van der Waals surface area (Å²) >= 11 is 0. The van der Waals surface area contributed by atoms with Crippen LogP contribution in [0.3, 0.4) is 0 Å². The van der Waals surface area contributed by atoms with Crippen LogP contribution in [0.15, 0.2) is 35.6 Å². The van der Waals surface area contributed by atoms with Crippen molar-refractivity contribution in [3.05, 3.63) is 35.6 Å². The van der Waals surface area contributed by atoms with Crippen molar-refractivity contribution in [2.75, 3.05) is 7.11 Å². The molecular formula is C26H30O8. The summed E-state index contributed by atoms with van der Waals surface area (Å²) in [6.45, 7) is 13.4. The van der Waals surface area contributed by atoms with E-state index in [4.69, 9.17) is 9.47 Å². The number of hydrogen-bond acceptors (Lipinski definition) is 8. The lowest BCUT2D eigenvalue weighted by atomic mass is 9.33. The van der Waals surface area contributed by atoms with Crippen molar-refractivity contribution in [3.8, 4) is 0 Å². The zero-order valence-corrected chi connectivity index (χ0v) is 20.5. The molecule has 0 aromatic rings. The average Bonchev–Trinajstić information content (AvgIpc) is 2.75. The van der Waals surface area contributed by atoms with Crippen molar-refractivity contribution in [1.82, 2.24) is 0 Å². The van der Waals surface area contributed by atoms with Crippen LogP contribution in [-0.2, 0) is 33.4 Å². The average molecular weight is 471 g/mol. The van der Waals surface area contributed by atoms with Crippen LogP contribution in [0.25, 0.3) is 0 Å². The number of methoxy groups -OCH3 is 1. The minimum absolute atomic E-state index is 0.102. The maximum absolute atomic E-state index is 14.1. The first-order valence-corrected chi connectivity index (χ1v) is 11.3. The lowest BCUT2D eigenvalue weighted by molar-refractivity contribution is -0.225. The quantitative estimate of drug-likeness (QED) is 0.352. The Morgan fingerprint density at radius 3 is 2.29 bits per heavy atom. The molecular weight excluding hydrogens is 440 g/mol. The van der Waals surface area contributed by atoms with E-state index in [0.717, 1.165) is 7.11 Å². The number of aliphatic hydroxyl groups excluding tert-OH is 1. The van der Waals surface area contributed by atoms with Crippen molar-refractivity contribution < 1.29 is 38.6 Å². The highest BCUT2D eigenvalue weighted by molar-refractivity contribution is 6.19. The molecule has 182 valence electrons. The lowest BCUT2D eigenvalue weighted by Gasteiger charge is -2.66. The van der Waals surface area contributed by atoms with E-state index in [1.165, 1.54) is 26.8 Å². The number of esters is 2. The number of ketones is 3. The van der Waals surface area contributed by atoms with Gasteiger partial charge in [0.2, 0.25) is 5.78 Å². The minimum Gasteiger partial charge on any atom is -0.504 e. The van der Waals surface area contributed by atoms with Gasteiger partial charge in [-0.3, -0.25) is 24.0 Å². The van der Waals surface area contributed by atoms with Crippen molar-refractivity contribution in [2.45, 2.75) is 54.1 Å². The predicted molar refractivity (Wildman–Crippen MR) is 119 cm³/mol. The summed E-state index contributed by atoms with van der Waals surface area (Å²) in [4.78, 5) is 67.9. The molecule has 0 unspecified atom stereocenters. The fourth-order valence-corrected chi connectivity index (χ4v) is 7.52. The highest BCUT2D eigenvalue weighted by atomic mass is 16.6. The zero-order chi connectivity index (χ0) is 25.8. The van der Waals surface area contributed by atoms with Crippen LogP contribution in [-0.4, -0.2) is 47.6 Å². The van der Waals surface area contributed by atoms with Crippen LogP contribution in [0.2, 0.25) is 0 Å². The van der Waals surface area contributed by atoms with Gasteiger partial charge in [-0.2, -0.15) is 0 Å². The van der Waals surface area contributed by atoms with Crippen molar-refractivity contribution in [2.24, 2.45) is 33.0 Å². The van der Waals surface area contributed by atoms with Gasteiger partial charge in [-0.05, 0) is 51.7 Å². The molecule has 4 rings (SSSR count). The molecule has 1 saturated heterocycles. The first-order valence-electron chi connectivity index (χ1n) is 11.3. The predicted octanol–water partition coefficient (Wildman–Crippen LogP) is 2.82. The Morgan fingerprint density at radius 2 is 1.74 bits per heavy atom. The number of carbonyl (C=O) groups excluding carboxylic acids is 5. The minimum atomic E-state index is -2.42. The van der Waals surface area contributed by atoms with Gasteiger partial charge in [-0.1, -0.05) is 32.1 Å². The van der Waals surface area contributed by atoms with E-state index < -0.39 is 68.4 Å². The fourth-order valence-electron chi connectivity index (χ4n) is 7.52. The molecule has 8 nitrogen and oxygen atoms in total. The fraction of sp³-hybridized carbons (Fsp3) is 0.577. The molecule has 1 saturated carbocycles. The van der Waals surface area contributed by atoms with E-state index >= 15 is 0 Å². The second-order valence-electron chi connectivity index (χ2n) is 11.0. The molecule has 1 heterocycles. The number of Topliss-reactive ketones (excluding diaryl/α,β-unsaturated/α-hetero) is 2. The number of fused-ring (bicyclic) bond motifs is 5. The highest BCUT2D eigenvalue weighted by Gasteiger charge is 2.84. The molecule has 4 aliphatic rings. The molecule has 0 aromatic carbocycles. The number of cyclic esters (lactones) is 1. The van der Waals surface area contributed by atoms with Gasteiger partial charge in [-0.25, -0.2) is 0 Å². The summed E-state index contributed by atoms with van der Waals surface area (Å²) in [5, 5.41) is 11.3. The highest BCUT2D eigenvalue weighted by Crippen LogP contribution is 2.74. The molecule has 2 fully saturated rings. The van der Waals surface area contributed by atoms with Crippen LogP contribution in [0.1, 0.15) is 48.0 Å². The van der Waals surface area contributed by atoms with Gasteiger partial charge in [-0.15, -0.1) is 0 Å². The third-order valence-electron chi connectivity index (χ3n) is 9.34. The zero-order valence-electron chi connectivity index (χ0n) is 20.5. The lowest BCUT2D eigenvalue weighted by Crippen LogP contribution is -2.77. The Morgan fingerprint density at radius 1 is 1.15 bits per heavy atom. The molecule has 3 aliphatic carbocycles. The third-order valence-corrected chi connectivity index (χ3v) is 9.34. The van der Waals surface area contributed by atoms with Crippen LogP contribution in [0.5, 0.6) is 0 Å². The summed E-state index contributed by atoms with van der Waals surface area (Å²) in [7, 11) is 1.07. The monoisotopic (exact) mass is 470 g/mol. The Labute approximate surface area is 198 Å². The second-order valence-corrected chi connectivity index (χ2v) is 11.0. The largest absolute Gasteiger partial charge is 0.504 e. The second kappa shape index (κ2) is 6.55. The molecule has 34 heavy (non-hydrogen) atoms.